The number of aromatic nitrogens is 4. The number of hydrogen-bond acceptors (Lipinski definition) is 5. The van der Waals surface area contributed by atoms with Gasteiger partial charge in [-0.15, -0.1) is 0 Å². The molecular weight excluding hydrogens is 200 g/mol. The van der Waals surface area contributed by atoms with Gasteiger partial charge in [-0.2, -0.15) is 4.98 Å². The fraction of sp³-hybridized carbons (Fsp3) is 0.250. The Morgan fingerprint density at radius 2 is 2.33 bits per heavy atom. The molecule has 78 valence electrons. The molecule has 2 N–H and O–H groups in total. The Kier molecular flexibility index (Phi) is 2.20. The molecule has 0 saturated carbocycles. The molecule has 1 atom stereocenters. The number of H-pyrrole nitrogens is 1. The van der Waals surface area contributed by atoms with Crippen molar-refractivity contribution in [2.75, 3.05) is 0 Å². The summed E-state index contributed by atoms with van der Waals surface area (Å²) in [6.07, 6.45) is 1.75. The van der Waals surface area contributed by atoms with E-state index >= 15 is 0 Å². The number of carboxylic acid groups (broad SMARTS) is 1. The molecule has 0 aliphatic rings. The van der Waals surface area contributed by atoms with Gasteiger partial charge in [-0.1, -0.05) is 0 Å². The van der Waals surface area contributed by atoms with E-state index in [1.807, 2.05) is 0 Å². The van der Waals surface area contributed by atoms with Crippen LogP contribution in [-0.2, 0) is 4.79 Å². The van der Waals surface area contributed by atoms with E-state index in [0.29, 0.717) is 11.2 Å². The van der Waals surface area contributed by atoms with Crippen LogP contribution in [0.1, 0.15) is 6.92 Å². The van der Waals surface area contributed by atoms with Crippen molar-refractivity contribution in [2.24, 2.45) is 0 Å². The van der Waals surface area contributed by atoms with E-state index in [4.69, 9.17) is 9.84 Å². The summed E-state index contributed by atoms with van der Waals surface area (Å²) >= 11 is 0. The van der Waals surface area contributed by atoms with Gasteiger partial charge in [0.25, 0.3) is 0 Å². The Hall–Kier alpha value is -2.18. The molecule has 0 bridgehead atoms. The highest BCUT2D eigenvalue weighted by Gasteiger charge is 2.16. The third-order valence-corrected chi connectivity index (χ3v) is 1.82. The van der Waals surface area contributed by atoms with Gasteiger partial charge in [-0.05, 0) is 6.92 Å². The second-order valence-corrected chi connectivity index (χ2v) is 2.88. The van der Waals surface area contributed by atoms with E-state index in [-0.39, 0.29) is 5.88 Å². The second kappa shape index (κ2) is 3.52. The first-order valence-electron chi connectivity index (χ1n) is 4.22. The Morgan fingerprint density at radius 3 is 3.07 bits per heavy atom. The van der Waals surface area contributed by atoms with Gasteiger partial charge < -0.3 is 14.8 Å². The van der Waals surface area contributed by atoms with Crippen molar-refractivity contribution >= 4 is 17.1 Å². The largest absolute Gasteiger partial charge is 0.479 e. The fourth-order valence-corrected chi connectivity index (χ4v) is 1.05. The van der Waals surface area contributed by atoms with Crippen LogP contribution in [0.5, 0.6) is 5.88 Å². The number of imidazole rings is 1. The minimum absolute atomic E-state index is 0.187. The highest BCUT2D eigenvalue weighted by Crippen LogP contribution is 2.17. The number of carboxylic acids is 1. The average Bonchev–Trinajstić information content (AvgIpc) is 2.66. The van der Waals surface area contributed by atoms with Gasteiger partial charge in [-0.25, -0.2) is 14.8 Å². The summed E-state index contributed by atoms with van der Waals surface area (Å²) in [7, 11) is 0. The Bertz CT molecular complexity index is 495. The Balaban J connectivity index is 2.35. The molecule has 1 unspecified atom stereocenters. The number of nitrogens with one attached hydrogen (secondary N) is 1. The van der Waals surface area contributed by atoms with Gasteiger partial charge in [0.2, 0.25) is 5.88 Å². The zero-order valence-electron chi connectivity index (χ0n) is 7.84. The van der Waals surface area contributed by atoms with E-state index in [0.717, 1.165) is 0 Å². The van der Waals surface area contributed by atoms with Gasteiger partial charge in [-0.3, -0.25) is 0 Å². The molecule has 2 rings (SSSR count). The van der Waals surface area contributed by atoms with Gasteiger partial charge in [0.05, 0.1) is 6.33 Å². The smallest absolute Gasteiger partial charge is 0.344 e. The summed E-state index contributed by atoms with van der Waals surface area (Å²) in [6.45, 7) is 1.42. The van der Waals surface area contributed by atoms with Crippen LogP contribution in [0.4, 0.5) is 0 Å². The molecular formula is C8H8N4O3. The topological polar surface area (TPSA) is 101 Å². The van der Waals surface area contributed by atoms with Gasteiger partial charge in [0.15, 0.2) is 11.8 Å². The quantitative estimate of drug-likeness (QED) is 0.747. The number of aliphatic carboxylic acids is 1. The predicted molar refractivity (Wildman–Crippen MR) is 49.4 cm³/mol. The first kappa shape index (κ1) is 9.38. The van der Waals surface area contributed by atoms with E-state index in [1.165, 1.54) is 19.6 Å². The monoisotopic (exact) mass is 208 g/mol. The van der Waals surface area contributed by atoms with Crippen LogP contribution in [-0.4, -0.2) is 37.1 Å². The molecule has 0 aliphatic carbocycles. The lowest BCUT2D eigenvalue weighted by Crippen LogP contribution is -2.23. The van der Waals surface area contributed by atoms with Crippen LogP contribution in [0, 0.1) is 0 Å². The van der Waals surface area contributed by atoms with Crippen molar-refractivity contribution in [2.45, 2.75) is 13.0 Å². The lowest BCUT2D eigenvalue weighted by molar-refractivity contribution is -0.144. The molecule has 2 aromatic rings. The molecule has 0 aromatic carbocycles. The zero-order chi connectivity index (χ0) is 10.8. The molecule has 0 spiro atoms. The lowest BCUT2D eigenvalue weighted by Gasteiger charge is -2.08. The van der Waals surface area contributed by atoms with Crippen molar-refractivity contribution in [3.05, 3.63) is 12.7 Å². The summed E-state index contributed by atoms with van der Waals surface area (Å²) in [5.41, 5.74) is 0.934. The molecule has 0 fully saturated rings. The maximum absolute atomic E-state index is 10.6. The van der Waals surface area contributed by atoms with Gasteiger partial charge >= 0.3 is 5.97 Å². The van der Waals surface area contributed by atoms with E-state index in [2.05, 4.69) is 19.9 Å². The number of hydrogen-bond donors (Lipinski definition) is 2. The minimum Gasteiger partial charge on any atom is -0.479 e. The second-order valence-electron chi connectivity index (χ2n) is 2.88. The number of nitrogens with zero attached hydrogens (tertiary/aromatic N) is 3. The van der Waals surface area contributed by atoms with E-state index < -0.39 is 12.1 Å². The highest BCUT2D eigenvalue weighted by atomic mass is 16.5. The number of fused-ring (bicyclic) bond motifs is 1. The maximum Gasteiger partial charge on any atom is 0.344 e. The SMILES string of the molecule is CC(Oc1ncnc2nc[nH]c12)C(=O)O. The average molecular weight is 208 g/mol. The summed E-state index contributed by atoms with van der Waals surface area (Å²) in [4.78, 5) is 25.0. The molecule has 0 aliphatic heterocycles. The zero-order valence-corrected chi connectivity index (χ0v) is 7.84. The summed E-state index contributed by atoms with van der Waals surface area (Å²) in [5, 5.41) is 8.67. The standard InChI is InChI=1S/C8H8N4O3/c1-4(8(13)14)15-7-5-6(10-2-9-5)11-3-12-7/h2-4H,1H3,(H,13,14)(H,9,10,11,12). The number of carbonyl (C=O) groups is 1. The molecule has 2 heterocycles. The normalized spacial score (nSPS) is 12.6. The number of rotatable bonds is 3. The van der Waals surface area contributed by atoms with Crippen LogP contribution in [0.15, 0.2) is 12.7 Å². The van der Waals surface area contributed by atoms with Crippen molar-refractivity contribution in [3.8, 4) is 5.88 Å². The Morgan fingerprint density at radius 1 is 1.53 bits per heavy atom. The van der Waals surface area contributed by atoms with Crippen LogP contribution in [0.3, 0.4) is 0 Å². The van der Waals surface area contributed by atoms with Crippen LogP contribution >= 0.6 is 0 Å². The van der Waals surface area contributed by atoms with E-state index in [1.54, 1.807) is 0 Å². The van der Waals surface area contributed by atoms with Crippen molar-refractivity contribution in [1.29, 1.82) is 0 Å². The van der Waals surface area contributed by atoms with Gasteiger partial charge in [0.1, 0.15) is 11.8 Å². The molecule has 2 aromatic heterocycles. The lowest BCUT2D eigenvalue weighted by atomic mass is 10.4. The van der Waals surface area contributed by atoms with Crippen molar-refractivity contribution in [1.82, 2.24) is 19.9 Å². The molecule has 7 nitrogen and oxygen atoms in total. The van der Waals surface area contributed by atoms with Crippen LogP contribution in [0.2, 0.25) is 0 Å². The van der Waals surface area contributed by atoms with Gasteiger partial charge in [0, 0.05) is 0 Å². The van der Waals surface area contributed by atoms with Crippen LogP contribution < -0.4 is 4.74 Å². The molecule has 0 amide bonds. The highest BCUT2D eigenvalue weighted by molar-refractivity contribution is 5.76. The molecule has 0 radical (unpaired) electrons. The van der Waals surface area contributed by atoms with Crippen LogP contribution in [0.25, 0.3) is 11.2 Å². The fourth-order valence-electron chi connectivity index (χ4n) is 1.05. The first-order chi connectivity index (χ1) is 7.18. The summed E-state index contributed by atoms with van der Waals surface area (Å²) < 4.78 is 5.13. The minimum atomic E-state index is -1.05. The third-order valence-electron chi connectivity index (χ3n) is 1.82. The predicted octanol–water partition coefficient (Wildman–Crippen LogP) is 0.205. The summed E-state index contributed by atoms with van der Waals surface area (Å²) in [5.74, 6) is -0.867. The van der Waals surface area contributed by atoms with Crippen molar-refractivity contribution in [3.63, 3.8) is 0 Å². The molecule has 0 saturated heterocycles. The first-order valence-corrected chi connectivity index (χ1v) is 4.22. The van der Waals surface area contributed by atoms with Crippen molar-refractivity contribution < 1.29 is 14.6 Å². The van der Waals surface area contributed by atoms with E-state index in [9.17, 15) is 4.79 Å². The molecule has 15 heavy (non-hydrogen) atoms. The molecule has 7 heteroatoms. The Labute approximate surface area is 84.1 Å². The summed E-state index contributed by atoms with van der Waals surface area (Å²) in [6, 6.07) is 0. The number of aromatic amines is 1. The maximum atomic E-state index is 10.6. The number of ether oxygens (including phenoxy) is 1. The third kappa shape index (κ3) is 1.71.